The van der Waals surface area contributed by atoms with Crippen molar-refractivity contribution in [3.63, 3.8) is 0 Å². The zero-order valence-electron chi connectivity index (χ0n) is 18.2. The van der Waals surface area contributed by atoms with Gasteiger partial charge in [-0.15, -0.1) is 0 Å². The van der Waals surface area contributed by atoms with Crippen LogP contribution in [0.25, 0.3) is 0 Å². The largest absolute Gasteiger partial charge is 0.389 e. The van der Waals surface area contributed by atoms with Crippen molar-refractivity contribution in [2.24, 2.45) is 5.92 Å². The Morgan fingerprint density at radius 1 is 1.00 bits per heavy atom. The van der Waals surface area contributed by atoms with E-state index in [0.29, 0.717) is 19.6 Å². The van der Waals surface area contributed by atoms with E-state index in [1.54, 1.807) is 0 Å². The van der Waals surface area contributed by atoms with Crippen molar-refractivity contribution >= 4 is 11.8 Å². The number of ether oxygens (including phenoxy) is 2. The van der Waals surface area contributed by atoms with Crippen LogP contribution in [0.15, 0.2) is 0 Å². The summed E-state index contributed by atoms with van der Waals surface area (Å²) in [7, 11) is 2.08. The molecule has 0 unspecified atom stereocenters. The molecule has 8 nitrogen and oxygen atoms in total. The predicted octanol–water partition coefficient (Wildman–Crippen LogP) is 0.477. The lowest BCUT2D eigenvalue weighted by Gasteiger charge is -2.45. The van der Waals surface area contributed by atoms with Crippen molar-refractivity contribution in [1.29, 1.82) is 0 Å². The van der Waals surface area contributed by atoms with Crippen LogP contribution in [0.3, 0.4) is 0 Å². The lowest BCUT2D eigenvalue weighted by Crippen LogP contribution is -2.58. The molecule has 4 rings (SSSR count). The molecule has 0 aromatic rings. The van der Waals surface area contributed by atoms with E-state index in [2.05, 4.69) is 11.9 Å². The molecule has 4 atom stereocenters. The summed E-state index contributed by atoms with van der Waals surface area (Å²) in [5.74, 6) is 0.404. The Morgan fingerprint density at radius 2 is 1.73 bits per heavy atom. The molecular formula is C22H37N3O5. The fourth-order valence-electron chi connectivity index (χ4n) is 5.38. The number of hydrogen-bond donors (Lipinski definition) is 1. The van der Waals surface area contributed by atoms with E-state index in [0.717, 1.165) is 64.7 Å². The van der Waals surface area contributed by atoms with Crippen LogP contribution in [-0.2, 0) is 19.1 Å². The first-order chi connectivity index (χ1) is 14.5. The SMILES string of the molecule is CN1CCN(C(=O)C[C@@H]2CC[C@@H]3[C@H](COC[C@H](O)CN3C(=O)C3CCCC3)O2)CC1. The lowest BCUT2D eigenvalue weighted by atomic mass is 9.93. The first-order valence-corrected chi connectivity index (χ1v) is 11.7. The predicted molar refractivity (Wildman–Crippen MR) is 111 cm³/mol. The molecule has 0 aromatic heterocycles. The minimum Gasteiger partial charge on any atom is -0.389 e. The van der Waals surface area contributed by atoms with E-state index in [-0.39, 0.29) is 42.6 Å². The average molecular weight is 424 g/mol. The van der Waals surface area contributed by atoms with Crippen LogP contribution in [0.1, 0.15) is 44.9 Å². The number of likely N-dealkylation sites (N-methyl/N-ethyl adjacent to an activating group) is 1. The summed E-state index contributed by atoms with van der Waals surface area (Å²) in [6, 6.07) is -0.0805. The highest BCUT2D eigenvalue weighted by atomic mass is 16.5. The molecular weight excluding hydrogens is 386 g/mol. The van der Waals surface area contributed by atoms with E-state index in [1.807, 2.05) is 9.80 Å². The highest BCUT2D eigenvalue weighted by Gasteiger charge is 2.42. The van der Waals surface area contributed by atoms with Gasteiger partial charge in [-0.05, 0) is 32.7 Å². The standard InChI is InChI=1S/C22H37N3O5/c1-23-8-10-24(11-9-23)21(27)12-18-6-7-19-20(30-18)15-29-14-17(26)13-25(19)22(28)16-4-2-3-5-16/h16-20,26H,2-15H2,1H3/t17-,18+,19-,20+/m1/s1. The van der Waals surface area contributed by atoms with E-state index in [9.17, 15) is 14.7 Å². The van der Waals surface area contributed by atoms with Crippen molar-refractivity contribution in [3.8, 4) is 0 Å². The Kier molecular flexibility index (Phi) is 7.28. The molecule has 3 aliphatic heterocycles. The molecule has 2 amide bonds. The van der Waals surface area contributed by atoms with Crippen LogP contribution in [0.2, 0.25) is 0 Å². The zero-order chi connectivity index (χ0) is 21.1. The molecule has 0 radical (unpaired) electrons. The van der Waals surface area contributed by atoms with Gasteiger partial charge in [0.2, 0.25) is 11.8 Å². The number of hydrogen-bond acceptors (Lipinski definition) is 6. The van der Waals surface area contributed by atoms with Gasteiger partial charge < -0.3 is 29.3 Å². The van der Waals surface area contributed by atoms with Crippen molar-refractivity contribution in [2.75, 3.05) is 53.0 Å². The fraction of sp³-hybridized carbons (Fsp3) is 0.909. The Morgan fingerprint density at radius 3 is 2.47 bits per heavy atom. The van der Waals surface area contributed by atoms with Crippen LogP contribution in [0, 0.1) is 5.92 Å². The summed E-state index contributed by atoms with van der Waals surface area (Å²) >= 11 is 0. The van der Waals surface area contributed by atoms with Crippen LogP contribution < -0.4 is 0 Å². The number of fused-ring (bicyclic) bond motifs is 1. The van der Waals surface area contributed by atoms with Gasteiger partial charge in [0.25, 0.3) is 0 Å². The van der Waals surface area contributed by atoms with Gasteiger partial charge in [0.1, 0.15) is 6.10 Å². The lowest BCUT2D eigenvalue weighted by molar-refractivity contribution is -0.173. The Balaban J connectivity index is 1.38. The molecule has 0 aromatic carbocycles. The zero-order valence-corrected chi connectivity index (χ0v) is 18.2. The molecule has 8 heteroatoms. The van der Waals surface area contributed by atoms with Crippen molar-refractivity contribution < 1.29 is 24.2 Å². The molecule has 30 heavy (non-hydrogen) atoms. The second-order valence-electron chi connectivity index (χ2n) is 9.49. The molecule has 170 valence electrons. The quantitative estimate of drug-likeness (QED) is 0.711. The summed E-state index contributed by atoms with van der Waals surface area (Å²) in [6.07, 6.45) is 5.03. The summed E-state index contributed by atoms with van der Waals surface area (Å²) in [4.78, 5) is 32.0. The number of amides is 2. The van der Waals surface area contributed by atoms with Gasteiger partial charge in [-0.25, -0.2) is 0 Å². The second kappa shape index (κ2) is 9.94. The van der Waals surface area contributed by atoms with E-state index in [4.69, 9.17) is 9.47 Å². The van der Waals surface area contributed by atoms with Gasteiger partial charge in [-0.1, -0.05) is 12.8 Å². The van der Waals surface area contributed by atoms with E-state index >= 15 is 0 Å². The first kappa shape index (κ1) is 22.0. The van der Waals surface area contributed by atoms with Gasteiger partial charge in [0.15, 0.2) is 0 Å². The van der Waals surface area contributed by atoms with Gasteiger partial charge in [-0.3, -0.25) is 9.59 Å². The van der Waals surface area contributed by atoms with Crippen molar-refractivity contribution in [2.45, 2.75) is 69.3 Å². The minimum absolute atomic E-state index is 0.0785. The summed E-state index contributed by atoms with van der Waals surface area (Å²) in [5.41, 5.74) is 0. The number of aliphatic hydroxyl groups is 1. The van der Waals surface area contributed by atoms with E-state index < -0.39 is 6.10 Å². The monoisotopic (exact) mass is 423 g/mol. The molecule has 1 N–H and O–H groups in total. The number of piperazine rings is 1. The topological polar surface area (TPSA) is 82.6 Å². The highest BCUT2D eigenvalue weighted by Crippen LogP contribution is 2.32. The van der Waals surface area contributed by atoms with E-state index in [1.165, 1.54) is 0 Å². The molecule has 4 aliphatic rings. The normalized spacial score (nSPS) is 34.3. The Labute approximate surface area is 179 Å². The minimum atomic E-state index is -0.659. The number of nitrogens with zero attached hydrogens (tertiary/aromatic N) is 3. The fourth-order valence-corrected chi connectivity index (χ4v) is 5.38. The van der Waals surface area contributed by atoms with Gasteiger partial charge in [0.05, 0.1) is 37.9 Å². The third-order valence-corrected chi connectivity index (χ3v) is 7.23. The number of rotatable bonds is 3. The van der Waals surface area contributed by atoms with Gasteiger partial charge in [-0.2, -0.15) is 0 Å². The summed E-state index contributed by atoms with van der Waals surface area (Å²) < 4.78 is 12.0. The highest BCUT2D eigenvalue weighted by molar-refractivity contribution is 5.79. The van der Waals surface area contributed by atoms with Crippen LogP contribution >= 0.6 is 0 Å². The Hall–Kier alpha value is -1.22. The van der Waals surface area contributed by atoms with Crippen LogP contribution in [-0.4, -0.2) is 109 Å². The maximum Gasteiger partial charge on any atom is 0.226 e. The first-order valence-electron chi connectivity index (χ1n) is 11.7. The Bertz CT molecular complexity index is 604. The number of carbonyl (C=O) groups excluding carboxylic acids is 2. The number of aliphatic hydroxyl groups excluding tert-OH is 1. The summed E-state index contributed by atoms with van der Waals surface area (Å²) in [6.45, 7) is 4.26. The molecule has 1 saturated carbocycles. The van der Waals surface area contributed by atoms with Crippen LogP contribution in [0.4, 0.5) is 0 Å². The number of β-amino-alcohol motifs (C(OH)–C–C–N with tert-alkyl or cyclic N) is 1. The molecule has 3 heterocycles. The van der Waals surface area contributed by atoms with Crippen molar-refractivity contribution in [1.82, 2.24) is 14.7 Å². The molecule has 4 fully saturated rings. The maximum atomic E-state index is 13.2. The maximum absolute atomic E-state index is 13.2. The molecule has 0 bridgehead atoms. The third kappa shape index (κ3) is 5.15. The number of carbonyl (C=O) groups is 2. The molecule has 1 aliphatic carbocycles. The van der Waals surface area contributed by atoms with Crippen LogP contribution in [0.5, 0.6) is 0 Å². The van der Waals surface area contributed by atoms with Crippen molar-refractivity contribution in [3.05, 3.63) is 0 Å². The van der Waals surface area contributed by atoms with Gasteiger partial charge >= 0.3 is 0 Å². The second-order valence-corrected chi connectivity index (χ2v) is 9.49. The third-order valence-electron chi connectivity index (χ3n) is 7.23. The molecule has 0 spiro atoms. The smallest absolute Gasteiger partial charge is 0.226 e. The van der Waals surface area contributed by atoms with Gasteiger partial charge in [0, 0.05) is 38.6 Å². The average Bonchev–Trinajstić information content (AvgIpc) is 3.26. The summed E-state index contributed by atoms with van der Waals surface area (Å²) in [5, 5.41) is 10.3. The molecule has 3 saturated heterocycles.